The van der Waals surface area contributed by atoms with Crippen LogP contribution in [0.5, 0.6) is 0 Å². The number of methoxy groups -OCH3 is 1. The smallest absolute Gasteiger partial charge is 0.404 e. The van der Waals surface area contributed by atoms with Crippen molar-refractivity contribution in [3.8, 4) is 0 Å². The van der Waals surface area contributed by atoms with Crippen LogP contribution in [0.15, 0.2) is 47.7 Å². The van der Waals surface area contributed by atoms with Crippen LogP contribution in [-0.4, -0.2) is 62.5 Å². The van der Waals surface area contributed by atoms with E-state index in [1.165, 1.54) is 39.0 Å². The van der Waals surface area contributed by atoms with Crippen molar-refractivity contribution in [2.75, 3.05) is 26.5 Å². The molecule has 3 aromatic heterocycles. The summed E-state index contributed by atoms with van der Waals surface area (Å²) >= 11 is 0.0513. The molecule has 3 aromatic rings. The minimum absolute atomic E-state index is 0.0513. The highest BCUT2D eigenvalue weighted by atomic mass is 32.2. The van der Waals surface area contributed by atoms with Crippen LogP contribution in [0.25, 0.3) is 11.0 Å². The average Bonchev–Trinajstić information content (AvgIpc) is 3.28. The molecule has 3 heterocycles. The number of ether oxygens (including phenoxy) is 1. The standard InChI is InChI=1S/C25H31FN6O3S.C2H5NO2/c1-17(2)13-20-24-21(28-16-27-20)14-18(32(24)36-26)15-31-12-8-9-19(25(31)35)29-22(33)10-6-5-7-11-23(34)30(3)4;1-5-2(3)4/h7-9,11-12,14,16-17H,5-6,10,13,15H2,1-4H3,(H,29,33);1H3,(H2,3,4)/b11-7+;. The lowest BCUT2D eigenvalue weighted by Gasteiger charge is -2.11. The minimum Gasteiger partial charge on any atom is -0.453 e. The van der Waals surface area contributed by atoms with Gasteiger partial charge in [0.2, 0.25) is 11.8 Å². The largest absolute Gasteiger partial charge is 0.453 e. The predicted molar refractivity (Wildman–Crippen MR) is 157 cm³/mol. The molecule has 0 unspecified atom stereocenters. The lowest BCUT2D eigenvalue weighted by molar-refractivity contribution is -0.123. The third-order valence-electron chi connectivity index (χ3n) is 5.67. The van der Waals surface area contributed by atoms with E-state index < -0.39 is 11.7 Å². The van der Waals surface area contributed by atoms with Gasteiger partial charge in [0.1, 0.15) is 17.5 Å². The number of aromatic nitrogens is 4. The van der Waals surface area contributed by atoms with Gasteiger partial charge < -0.3 is 25.3 Å². The molecule has 0 saturated carbocycles. The quantitative estimate of drug-likeness (QED) is 0.254. The molecular weight excluding hydrogens is 553 g/mol. The number of primary amides is 1. The molecule has 41 heavy (non-hydrogen) atoms. The van der Waals surface area contributed by atoms with E-state index in [9.17, 15) is 23.1 Å². The van der Waals surface area contributed by atoms with Crippen LogP contribution in [0, 0.1) is 5.92 Å². The van der Waals surface area contributed by atoms with Crippen molar-refractivity contribution in [1.29, 1.82) is 0 Å². The summed E-state index contributed by atoms with van der Waals surface area (Å²) in [6.45, 7) is 4.22. The van der Waals surface area contributed by atoms with Crippen LogP contribution in [0.2, 0.25) is 0 Å². The molecule has 0 aromatic carbocycles. The molecule has 12 nitrogen and oxygen atoms in total. The molecule has 0 atom stereocenters. The number of amides is 3. The maximum Gasteiger partial charge on any atom is 0.404 e. The second-order valence-corrected chi connectivity index (χ2v) is 10.1. The van der Waals surface area contributed by atoms with E-state index >= 15 is 0 Å². The van der Waals surface area contributed by atoms with E-state index in [0.717, 1.165) is 5.69 Å². The van der Waals surface area contributed by atoms with Gasteiger partial charge in [-0.25, -0.2) is 14.8 Å². The zero-order valence-corrected chi connectivity index (χ0v) is 24.6. The Bertz CT molecular complexity index is 1440. The van der Waals surface area contributed by atoms with E-state index in [1.54, 1.807) is 38.5 Å². The molecule has 3 N–H and O–H groups in total. The number of allylic oxidation sites excluding steroid dienone is 1. The van der Waals surface area contributed by atoms with Crippen molar-refractivity contribution in [3.05, 3.63) is 64.6 Å². The maximum atomic E-state index is 14.0. The number of carbonyl (C=O) groups is 3. The maximum absolute atomic E-state index is 14.0. The third-order valence-corrected chi connectivity index (χ3v) is 6.22. The molecule has 0 bridgehead atoms. The van der Waals surface area contributed by atoms with Crippen LogP contribution in [0.4, 0.5) is 14.4 Å². The van der Waals surface area contributed by atoms with Gasteiger partial charge in [0.25, 0.3) is 5.56 Å². The van der Waals surface area contributed by atoms with Crippen LogP contribution < -0.4 is 16.6 Å². The predicted octanol–water partition coefficient (Wildman–Crippen LogP) is 3.69. The number of nitrogens with one attached hydrogen (secondary N) is 1. The van der Waals surface area contributed by atoms with Gasteiger partial charge in [-0.1, -0.05) is 19.9 Å². The van der Waals surface area contributed by atoms with Crippen LogP contribution in [-0.2, 0) is 27.3 Å². The van der Waals surface area contributed by atoms with Crippen molar-refractivity contribution in [3.63, 3.8) is 0 Å². The Hall–Kier alpha value is -4.20. The van der Waals surface area contributed by atoms with E-state index in [4.69, 9.17) is 0 Å². The molecule has 0 aliphatic rings. The number of likely N-dealkylation sites (N-methyl/N-ethyl adjacent to an activating group) is 1. The zero-order valence-electron chi connectivity index (χ0n) is 23.8. The van der Waals surface area contributed by atoms with Crippen molar-refractivity contribution >= 4 is 47.0 Å². The van der Waals surface area contributed by atoms with Crippen LogP contribution in [0.1, 0.15) is 44.5 Å². The Morgan fingerprint density at radius 3 is 2.59 bits per heavy atom. The van der Waals surface area contributed by atoms with Crippen molar-refractivity contribution < 1.29 is 23.0 Å². The molecule has 0 aliphatic heterocycles. The van der Waals surface area contributed by atoms with E-state index in [-0.39, 0.29) is 42.8 Å². The Morgan fingerprint density at radius 2 is 1.98 bits per heavy atom. The van der Waals surface area contributed by atoms with E-state index in [2.05, 4.69) is 39.6 Å². The third kappa shape index (κ3) is 10.0. The number of carbonyl (C=O) groups excluding carboxylic acids is 3. The number of halogens is 1. The lowest BCUT2D eigenvalue weighted by atomic mass is 10.1. The summed E-state index contributed by atoms with van der Waals surface area (Å²) in [4.78, 5) is 56.3. The van der Waals surface area contributed by atoms with Crippen LogP contribution in [0.3, 0.4) is 0 Å². The number of anilines is 1. The van der Waals surface area contributed by atoms with Crippen LogP contribution >= 0.6 is 12.3 Å². The van der Waals surface area contributed by atoms with Gasteiger partial charge in [-0.05, 0) is 49.5 Å². The first kappa shape index (κ1) is 33.0. The summed E-state index contributed by atoms with van der Waals surface area (Å²) in [6, 6.07) is 4.95. The number of rotatable bonds is 11. The fraction of sp³-hybridized carbons (Fsp3) is 0.407. The van der Waals surface area contributed by atoms with E-state index in [0.29, 0.717) is 41.9 Å². The summed E-state index contributed by atoms with van der Waals surface area (Å²) < 4.78 is 20.8. The summed E-state index contributed by atoms with van der Waals surface area (Å²) in [5, 5.41) is 2.66. The fourth-order valence-electron chi connectivity index (χ4n) is 3.70. The van der Waals surface area contributed by atoms with Gasteiger partial charge >= 0.3 is 6.09 Å². The first-order valence-corrected chi connectivity index (χ1v) is 13.5. The molecule has 0 fully saturated rings. The molecule has 222 valence electrons. The zero-order chi connectivity index (χ0) is 30.5. The normalized spacial score (nSPS) is 10.9. The highest BCUT2D eigenvalue weighted by Gasteiger charge is 2.17. The molecular formula is C27H36FN7O5S. The minimum atomic E-state index is -0.745. The number of hydrogen-bond donors (Lipinski definition) is 2. The number of nitrogens with two attached hydrogens (primary N) is 1. The summed E-state index contributed by atoms with van der Waals surface area (Å²) in [5.41, 5.74) is 6.70. The fourth-order valence-corrected chi connectivity index (χ4v) is 4.17. The molecule has 0 radical (unpaired) electrons. The molecule has 0 aliphatic carbocycles. The van der Waals surface area contributed by atoms with Gasteiger partial charge in [-0.2, -0.15) is 0 Å². The molecule has 0 spiro atoms. The highest BCUT2D eigenvalue weighted by molar-refractivity contribution is 7.93. The topological polar surface area (TPSA) is 154 Å². The molecule has 14 heteroatoms. The average molecular weight is 590 g/mol. The Labute approximate surface area is 242 Å². The number of unbranched alkanes of at least 4 members (excludes halogenated alkanes) is 1. The SMILES string of the molecule is CC(C)Cc1ncnc2cc(Cn3cccc(NC(=O)CCC/C=C/C(=O)N(C)C)c3=O)n(SF)c12.COC(N)=O. The monoisotopic (exact) mass is 589 g/mol. The van der Waals surface area contributed by atoms with Gasteiger partial charge in [0, 0.05) is 26.7 Å². The first-order valence-electron chi connectivity index (χ1n) is 12.8. The van der Waals surface area contributed by atoms with Crippen molar-refractivity contribution in [1.82, 2.24) is 23.4 Å². The number of hydrogen-bond acceptors (Lipinski definition) is 8. The molecule has 0 saturated heterocycles. The Kier molecular flexibility index (Phi) is 13.0. The van der Waals surface area contributed by atoms with Crippen molar-refractivity contribution in [2.45, 2.75) is 46.1 Å². The molecule has 3 rings (SSSR count). The second kappa shape index (κ2) is 16.2. The van der Waals surface area contributed by atoms with E-state index in [1.807, 2.05) is 0 Å². The summed E-state index contributed by atoms with van der Waals surface area (Å²) in [6.07, 6.45) is 7.50. The van der Waals surface area contributed by atoms with Gasteiger partial charge in [0.05, 0.1) is 30.6 Å². The Balaban J connectivity index is 0.00000108. The lowest BCUT2D eigenvalue weighted by Crippen LogP contribution is -2.26. The highest BCUT2D eigenvalue weighted by Crippen LogP contribution is 2.28. The number of nitrogens with zero attached hydrogens (tertiary/aromatic N) is 5. The summed E-state index contributed by atoms with van der Waals surface area (Å²) in [7, 11) is 4.56. The van der Waals surface area contributed by atoms with Gasteiger partial charge in [-0.15, -0.1) is 3.89 Å². The first-order chi connectivity index (χ1) is 19.5. The summed E-state index contributed by atoms with van der Waals surface area (Å²) in [5.74, 6) is -0.0733. The second-order valence-electron chi connectivity index (χ2n) is 9.60. The van der Waals surface area contributed by atoms with Gasteiger partial charge in [0.15, 0.2) is 12.3 Å². The molecule has 3 amide bonds. The van der Waals surface area contributed by atoms with Crippen molar-refractivity contribution in [2.24, 2.45) is 11.7 Å². The number of pyridine rings is 1. The number of fused-ring (bicyclic) bond motifs is 1. The Morgan fingerprint density at radius 1 is 1.27 bits per heavy atom. The van der Waals surface area contributed by atoms with Gasteiger partial charge in [-0.3, -0.25) is 18.4 Å².